The summed E-state index contributed by atoms with van der Waals surface area (Å²) in [6.07, 6.45) is 0. The van der Waals surface area contributed by atoms with E-state index in [1.54, 1.807) is 22.7 Å². The molecule has 1 saturated heterocycles. The normalized spacial score (nSPS) is 13.9. The average Bonchev–Trinajstić information content (AvgIpc) is 1.53. The molecule has 0 spiro atoms. The highest BCUT2D eigenvalue weighted by Crippen LogP contribution is 2.51. The second-order valence-electron chi connectivity index (χ2n) is 25.8. The lowest BCUT2D eigenvalue weighted by molar-refractivity contribution is 0.00578. The third-order valence-corrected chi connectivity index (χ3v) is 24.9. The summed E-state index contributed by atoms with van der Waals surface area (Å²) in [5, 5.41) is 20.6. The van der Waals surface area contributed by atoms with Gasteiger partial charge in [-0.15, -0.1) is 45.3 Å². The van der Waals surface area contributed by atoms with E-state index in [2.05, 4.69) is 270 Å². The SMILES string of the molecule is CC1(C)OB(c2cccc(-n3c4ccccc4c4c5ccccc5c5sc6ccccc6c5c43)c2)OC1(C)C.Clc1nc(-c2cccc(-n3c4ccccc4c4c5ccccc5c5sc6ccccc6c5c43)c2)c2c(n1)sc1ccccc12.Clc1nc(Cl)c2c(n1)sc1ccccc12. The Morgan fingerprint density at radius 2 is 0.735 bits per heavy atom. The smallest absolute Gasteiger partial charge is 0.399 e. The first-order valence-corrected chi connectivity index (χ1v) is 36.7. The molecule has 0 unspecified atom stereocenters. The Labute approximate surface area is 592 Å². The number of hydrogen-bond acceptors (Lipinski definition) is 10. The summed E-state index contributed by atoms with van der Waals surface area (Å²) < 4.78 is 25.4. The number of halogens is 3. The van der Waals surface area contributed by atoms with Gasteiger partial charge in [-0.3, -0.25) is 0 Å². The van der Waals surface area contributed by atoms with Crippen LogP contribution >= 0.6 is 80.1 Å². The largest absolute Gasteiger partial charge is 0.494 e. The van der Waals surface area contributed by atoms with Crippen molar-refractivity contribution >= 4 is 239 Å². The van der Waals surface area contributed by atoms with Gasteiger partial charge in [0.05, 0.1) is 44.3 Å². The van der Waals surface area contributed by atoms with Gasteiger partial charge in [-0.25, -0.2) is 19.9 Å². The lowest BCUT2D eigenvalue weighted by atomic mass is 9.79. The molecular weight excluding hydrogens is 1350 g/mol. The van der Waals surface area contributed by atoms with Gasteiger partial charge in [-0.2, -0.15) is 0 Å². The molecule has 0 bridgehead atoms. The number of nitrogens with zero attached hydrogens (tertiary/aromatic N) is 6. The molecule has 12 aromatic carbocycles. The number of thiophene rings is 4. The van der Waals surface area contributed by atoms with Crippen molar-refractivity contribution in [2.45, 2.75) is 38.9 Å². The van der Waals surface area contributed by atoms with E-state index < -0.39 is 7.12 Å². The summed E-state index contributed by atoms with van der Waals surface area (Å²) in [7, 11) is -0.411. The highest BCUT2D eigenvalue weighted by Gasteiger charge is 2.52. The van der Waals surface area contributed by atoms with E-state index in [9.17, 15) is 0 Å². The molecule has 0 aliphatic carbocycles. The van der Waals surface area contributed by atoms with Crippen LogP contribution in [-0.2, 0) is 9.31 Å². The van der Waals surface area contributed by atoms with Gasteiger partial charge in [-0.1, -0.05) is 194 Å². The van der Waals surface area contributed by atoms with Crippen molar-refractivity contribution in [2.75, 3.05) is 0 Å². The second kappa shape index (κ2) is 22.9. The Morgan fingerprint density at radius 1 is 0.347 bits per heavy atom. The van der Waals surface area contributed by atoms with Gasteiger partial charge in [0, 0.05) is 115 Å². The number of para-hydroxylation sites is 2. The standard InChI is InChI=1S/C38H20ClN3S2.C34H28BNO2S.C10H4Cl2N2S/c39-38-40-34(32-26-15-4-8-19-30(26)44-37(32)41-38)21-10-9-11-22(20-21)42-28-17-6-3-14-25(28)31-23-12-1-2-13-24(23)36-33(35(31)42)27-16-5-7-18-29(27)43-36;1-33(2)34(3,4)38-35(37-33)21-12-11-13-22(20-21)36-27-18-9-7-16-25(27)29-23-14-5-6-15-24(23)32-30(31(29)36)26-17-8-10-19-28(26)39-32;11-8-7-5-3-1-2-4-6(5)15-9(7)14-10(12)13-8/h1-20H;5-20H,1-4H3;1-4H. The van der Waals surface area contributed by atoms with Crippen molar-refractivity contribution in [1.29, 1.82) is 0 Å². The van der Waals surface area contributed by atoms with E-state index in [-0.39, 0.29) is 21.8 Å². The molecule has 8 nitrogen and oxygen atoms in total. The van der Waals surface area contributed by atoms with Crippen LogP contribution in [0.4, 0.5) is 0 Å². The molecule has 1 aliphatic heterocycles. The van der Waals surface area contributed by atoms with Gasteiger partial charge in [-0.05, 0) is 128 Å². The van der Waals surface area contributed by atoms with Crippen LogP contribution in [0.3, 0.4) is 0 Å². The zero-order valence-corrected chi connectivity index (χ0v) is 58.5. The number of aromatic nitrogens is 6. The van der Waals surface area contributed by atoms with Crippen LogP contribution in [-0.4, -0.2) is 47.4 Å². The third kappa shape index (κ3) is 9.29. The molecule has 1 fully saturated rings. The van der Waals surface area contributed by atoms with Gasteiger partial charge >= 0.3 is 7.12 Å². The van der Waals surface area contributed by atoms with Crippen molar-refractivity contribution in [3.63, 3.8) is 0 Å². The number of hydrogen-bond donors (Lipinski definition) is 0. The lowest BCUT2D eigenvalue weighted by Gasteiger charge is -2.32. The number of rotatable bonds is 4. The molecule has 0 amide bonds. The van der Waals surface area contributed by atoms with Crippen LogP contribution < -0.4 is 5.46 Å². The minimum Gasteiger partial charge on any atom is -0.399 e. The van der Waals surface area contributed by atoms with E-state index in [4.69, 9.17) is 49.1 Å². The monoisotopic (exact) mass is 1400 g/mol. The maximum absolute atomic E-state index is 6.54. The van der Waals surface area contributed by atoms with E-state index in [1.807, 2.05) is 46.9 Å². The van der Waals surface area contributed by atoms with Crippen molar-refractivity contribution < 1.29 is 9.31 Å². The molecule has 470 valence electrons. The molecular formula is C82H52BCl3N6O2S4. The fourth-order valence-corrected chi connectivity index (χ4v) is 20.2. The summed E-state index contributed by atoms with van der Waals surface area (Å²) in [4.78, 5) is 19.3. The van der Waals surface area contributed by atoms with Crippen LogP contribution in [0.2, 0.25) is 15.7 Å². The van der Waals surface area contributed by atoms with Crippen molar-refractivity contribution in [1.82, 2.24) is 29.1 Å². The molecule has 0 radical (unpaired) electrons. The second-order valence-corrected chi connectivity index (χ2v) is 31.0. The third-order valence-electron chi connectivity index (χ3n) is 19.7. The molecule has 16 heteroatoms. The molecule has 9 heterocycles. The molecule has 0 saturated carbocycles. The molecule has 0 N–H and O–H groups in total. The fourth-order valence-electron chi connectivity index (χ4n) is 14.7. The zero-order chi connectivity index (χ0) is 65.9. The topological polar surface area (TPSA) is 79.9 Å². The molecule has 8 aromatic heterocycles. The first-order chi connectivity index (χ1) is 47.8. The summed E-state index contributed by atoms with van der Waals surface area (Å²) in [6, 6.07) is 86.7. The highest BCUT2D eigenvalue weighted by atomic mass is 35.5. The summed E-state index contributed by atoms with van der Waals surface area (Å²) in [6.45, 7) is 8.42. The summed E-state index contributed by atoms with van der Waals surface area (Å²) in [5.74, 6) is 0. The van der Waals surface area contributed by atoms with Gasteiger partial charge in [0.1, 0.15) is 14.8 Å². The van der Waals surface area contributed by atoms with E-state index >= 15 is 0 Å². The minimum absolute atomic E-state index is 0.194. The average molecular weight is 1400 g/mol. The van der Waals surface area contributed by atoms with E-state index in [0.717, 1.165) is 64.0 Å². The van der Waals surface area contributed by atoms with Gasteiger partial charge in [0.15, 0.2) is 0 Å². The highest BCUT2D eigenvalue weighted by molar-refractivity contribution is 7.27. The quantitative estimate of drug-likeness (QED) is 0.0992. The summed E-state index contributed by atoms with van der Waals surface area (Å²) in [5.41, 5.74) is 9.20. The zero-order valence-electron chi connectivity index (χ0n) is 52.9. The molecule has 0 atom stereocenters. The van der Waals surface area contributed by atoms with Crippen molar-refractivity contribution in [3.8, 4) is 22.6 Å². The predicted molar refractivity (Wildman–Crippen MR) is 422 cm³/mol. The van der Waals surface area contributed by atoms with Crippen LogP contribution in [0.1, 0.15) is 27.7 Å². The predicted octanol–water partition coefficient (Wildman–Crippen LogP) is 24.5. The number of fused-ring (bicyclic) bond motifs is 26. The maximum atomic E-state index is 6.54. The van der Waals surface area contributed by atoms with Gasteiger partial charge in [0.25, 0.3) is 0 Å². The van der Waals surface area contributed by atoms with Gasteiger partial charge in [0.2, 0.25) is 10.6 Å². The Balaban J connectivity index is 0.000000114. The molecule has 20 aromatic rings. The van der Waals surface area contributed by atoms with Crippen LogP contribution in [0.5, 0.6) is 0 Å². The molecule has 1 aliphatic rings. The van der Waals surface area contributed by atoms with Gasteiger partial charge < -0.3 is 18.4 Å². The fraction of sp³-hybridized carbons (Fsp3) is 0.0732. The first kappa shape index (κ1) is 59.9. The summed E-state index contributed by atoms with van der Waals surface area (Å²) >= 11 is 25.3. The molecule has 21 rings (SSSR count). The lowest BCUT2D eigenvalue weighted by Crippen LogP contribution is -2.41. The van der Waals surface area contributed by atoms with Crippen LogP contribution in [0, 0.1) is 0 Å². The van der Waals surface area contributed by atoms with E-state index in [0.29, 0.717) is 5.15 Å². The van der Waals surface area contributed by atoms with Crippen molar-refractivity contribution in [2.24, 2.45) is 0 Å². The van der Waals surface area contributed by atoms with E-state index in [1.165, 1.54) is 110 Å². The van der Waals surface area contributed by atoms with Crippen LogP contribution in [0.25, 0.3) is 169 Å². The van der Waals surface area contributed by atoms with Crippen LogP contribution in [0.15, 0.2) is 243 Å². The Morgan fingerprint density at radius 3 is 1.24 bits per heavy atom. The maximum Gasteiger partial charge on any atom is 0.494 e. The molecule has 98 heavy (non-hydrogen) atoms. The Kier molecular flexibility index (Phi) is 14.0. The minimum atomic E-state index is -0.411. The first-order valence-electron chi connectivity index (χ1n) is 32.3. The Hall–Kier alpha value is -9.35. The van der Waals surface area contributed by atoms with Crippen molar-refractivity contribution in [3.05, 3.63) is 258 Å². The number of benzene rings is 12. The Bertz CT molecular complexity index is 6730.